The van der Waals surface area contributed by atoms with E-state index in [0.29, 0.717) is 6.54 Å². The van der Waals surface area contributed by atoms with Gasteiger partial charge in [-0.25, -0.2) is 0 Å². The van der Waals surface area contributed by atoms with Crippen molar-refractivity contribution in [3.8, 4) is 0 Å². The van der Waals surface area contributed by atoms with Gasteiger partial charge in [0.1, 0.15) is 0 Å². The van der Waals surface area contributed by atoms with Crippen LogP contribution in [0, 0.1) is 0 Å². The van der Waals surface area contributed by atoms with Crippen LogP contribution >= 0.6 is 0 Å². The Morgan fingerprint density at radius 1 is 1.20 bits per heavy atom. The minimum atomic E-state index is 0.664. The van der Waals surface area contributed by atoms with Gasteiger partial charge in [0, 0.05) is 13.6 Å². The molecule has 0 radical (unpaired) electrons. The average molecular weight is 205 g/mol. The van der Waals surface area contributed by atoms with E-state index in [1.807, 2.05) is 30.3 Å². The summed E-state index contributed by atoms with van der Waals surface area (Å²) in [4.78, 5) is 0. The highest BCUT2D eigenvalue weighted by molar-refractivity contribution is 5.13. The Balaban J connectivity index is 2.27. The molecule has 0 amide bonds. The minimum Gasteiger partial charge on any atom is -0.282 e. The molecule has 0 heterocycles. The standard InChI is InChI=1S/C12H19N3/c1-3-4-10-15(2)14-13-11-12-8-6-5-7-9-12/h5-9H,3-4,10-11H2,1-2H3. The molecule has 0 saturated carbocycles. The lowest BCUT2D eigenvalue weighted by Crippen LogP contribution is -2.11. The SMILES string of the molecule is CCCCN(C)N=NCc1ccccc1. The second-order valence-electron chi connectivity index (χ2n) is 3.61. The maximum Gasteiger partial charge on any atom is 0.0870 e. The van der Waals surface area contributed by atoms with E-state index >= 15 is 0 Å². The molecule has 0 fully saturated rings. The Bertz CT molecular complexity index is 282. The van der Waals surface area contributed by atoms with Crippen LogP contribution in [0.15, 0.2) is 40.7 Å². The second-order valence-corrected chi connectivity index (χ2v) is 3.61. The van der Waals surface area contributed by atoms with Gasteiger partial charge in [-0.15, -0.1) is 0 Å². The smallest absolute Gasteiger partial charge is 0.0870 e. The van der Waals surface area contributed by atoms with Crippen LogP contribution in [-0.2, 0) is 6.54 Å². The van der Waals surface area contributed by atoms with Crippen molar-refractivity contribution in [1.29, 1.82) is 0 Å². The summed E-state index contributed by atoms with van der Waals surface area (Å²) in [7, 11) is 1.96. The Morgan fingerprint density at radius 3 is 2.60 bits per heavy atom. The van der Waals surface area contributed by atoms with E-state index in [-0.39, 0.29) is 0 Å². The molecule has 0 atom stereocenters. The first-order valence-corrected chi connectivity index (χ1v) is 5.45. The maximum atomic E-state index is 4.15. The van der Waals surface area contributed by atoms with Crippen molar-refractivity contribution in [2.75, 3.05) is 13.6 Å². The van der Waals surface area contributed by atoms with E-state index in [4.69, 9.17) is 0 Å². The Labute approximate surface area is 91.8 Å². The fraction of sp³-hybridized carbons (Fsp3) is 0.500. The average Bonchev–Trinajstić information content (AvgIpc) is 2.28. The lowest BCUT2D eigenvalue weighted by molar-refractivity contribution is 0.319. The van der Waals surface area contributed by atoms with Gasteiger partial charge >= 0.3 is 0 Å². The number of hydrogen-bond donors (Lipinski definition) is 0. The lowest BCUT2D eigenvalue weighted by Gasteiger charge is -2.09. The van der Waals surface area contributed by atoms with Gasteiger partial charge in [-0.05, 0) is 12.0 Å². The maximum absolute atomic E-state index is 4.15. The van der Waals surface area contributed by atoms with E-state index in [2.05, 4.69) is 29.4 Å². The largest absolute Gasteiger partial charge is 0.282 e. The first kappa shape index (κ1) is 11.7. The van der Waals surface area contributed by atoms with E-state index in [0.717, 1.165) is 6.54 Å². The molecule has 0 aromatic heterocycles. The van der Waals surface area contributed by atoms with E-state index in [1.54, 1.807) is 0 Å². The Hall–Kier alpha value is -1.38. The molecule has 0 bridgehead atoms. The summed E-state index contributed by atoms with van der Waals surface area (Å²) in [5, 5.41) is 10.2. The summed E-state index contributed by atoms with van der Waals surface area (Å²) in [6.45, 7) is 3.82. The molecule has 3 heteroatoms. The molecule has 0 N–H and O–H groups in total. The van der Waals surface area contributed by atoms with Crippen LogP contribution in [0.25, 0.3) is 0 Å². The number of hydrogen-bond acceptors (Lipinski definition) is 2. The van der Waals surface area contributed by atoms with Crippen molar-refractivity contribution < 1.29 is 0 Å². The topological polar surface area (TPSA) is 28.0 Å². The number of unbranched alkanes of at least 4 members (excludes halogenated alkanes) is 1. The molecular weight excluding hydrogens is 186 g/mol. The highest BCUT2D eigenvalue weighted by Crippen LogP contribution is 2.01. The van der Waals surface area contributed by atoms with Gasteiger partial charge < -0.3 is 0 Å². The van der Waals surface area contributed by atoms with Crippen LogP contribution < -0.4 is 0 Å². The highest BCUT2D eigenvalue weighted by atomic mass is 15.5. The molecule has 0 aliphatic carbocycles. The molecule has 82 valence electrons. The predicted molar refractivity (Wildman–Crippen MR) is 62.5 cm³/mol. The predicted octanol–water partition coefficient (Wildman–Crippen LogP) is 3.29. The van der Waals surface area contributed by atoms with Gasteiger partial charge in [-0.2, -0.15) is 5.11 Å². The number of nitrogens with zero attached hydrogens (tertiary/aromatic N) is 3. The summed E-state index contributed by atoms with van der Waals surface area (Å²) in [5.41, 5.74) is 1.20. The van der Waals surface area contributed by atoms with E-state index in [9.17, 15) is 0 Å². The third kappa shape index (κ3) is 5.15. The first-order valence-electron chi connectivity index (χ1n) is 5.45. The van der Waals surface area contributed by atoms with Gasteiger partial charge in [0.15, 0.2) is 0 Å². The molecule has 1 aromatic rings. The van der Waals surface area contributed by atoms with Crippen LogP contribution in [0.1, 0.15) is 25.3 Å². The van der Waals surface area contributed by atoms with Crippen molar-refractivity contribution in [1.82, 2.24) is 5.01 Å². The van der Waals surface area contributed by atoms with Crippen LogP contribution in [0.3, 0.4) is 0 Å². The molecule has 1 aromatic carbocycles. The van der Waals surface area contributed by atoms with E-state index in [1.165, 1.54) is 18.4 Å². The molecule has 3 nitrogen and oxygen atoms in total. The van der Waals surface area contributed by atoms with Crippen LogP contribution in [0.4, 0.5) is 0 Å². The van der Waals surface area contributed by atoms with Gasteiger partial charge in [-0.1, -0.05) is 48.9 Å². The molecule has 0 aliphatic heterocycles. The molecule has 0 spiro atoms. The van der Waals surface area contributed by atoms with E-state index < -0.39 is 0 Å². The fourth-order valence-corrected chi connectivity index (χ4v) is 1.24. The summed E-state index contributed by atoms with van der Waals surface area (Å²) >= 11 is 0. The van der Waals surface area contributed by atoms with Crippen molar-refractivity contribution in [2.45, 2.75) is 26.3 Å². The first-order chi connectivity index (χ1) is 7.33. The number of rotatable bonds is 6. The number of benzene rings is 1. The monoisotopic (exact) mass is 205 g/mol. The molecule has 0 unspecified atom stereocenters. The third-order valence-corrected chi connectivity index (χ3v) is 2.15. The minimum absolute atomic E-state index is 0.664. The molecule has 0 aliphatic rings. The zero-order chi connectivity index (χ0) is 10.9. The summed E-state index contributed by atoms with van der Waals surface area (Å²) in [6, 6.07) is 10.2. The third-order valence-electron chi connectivity index (χ3n) is 2.15. The summed E-state index contributed by atoms with van der Waals surface area (Å²) in [5.74, 6) is 0. The zero-order valence-corrected chi connectivity index (χ0v) is 9.56. The van der Waals surface area contributed by atoms with Gasteiger partial charge in [0.2, 0.25) is 0 Å². The summed E-state index contributed by atoms with van der Waals surface area (Å²) < 4.78 is 0. The quantitative estimate of drug-likeness (QED) is 0.517. The van der Waals surface area contributed by atoms with Crippen LogP contribution in [0.5, 0.6) is 0 Å². The molecule has 1 rings (SSSR count). The molecule has 0 saturated heterocycles. The van der Waals surface area contributed by atoms with Gasteiger partial charge in [-0.3, -0.25) is 5.01 Å². The Kier molecular flexibility index (Phi) is 5.44. The molecular formula is C12H19N3. The fourth-order valence-electron chi connectivity index (χ4n) is 1.24. The van der Waals surface area contributed by atoms with Crippen molar-refractivity contribution in [2.24, 2.45) is 10.3 Å². The van der Waals surface area contributed by atoms with Gasteiger partial charge in [0.05, 0.1) is 6.54 Å². The summed E-state index contributed by atoms with van der Waals surface area (Å²) in [6.07, 6.45) is 2.36. The van der Waals surface area contributed by atoms with Crippen molar-refractivity contribution >= 4 is 0 Å². The van der Waals surface area contributed by atoms with Crippen LogP contribution in [0.2, 0.25) is 0 Å². The van der Waals surface area contributed by atoms with Crippen molar-refractivity contribution in [3.63, 3.8) is 0 Å². The second kappa shape index (κ2) is 6.98. The zero-order valence-electron chi connectivity index (χ0n) is 9.56. The van der Waals surface area contributed by atoms with Crippen LogP contribution in [-0.4, -0.2) is 18.6 Å². The Morgan fingerprint density at radius 2 is 1.93 bits per heavy atom. The highest BCUT2D eigenvalue weighted by Gasteiger charge is 1.91. The lowest BCUT2D eigenvalue weighted by atomic mass is 10.2. The normalized spacial score (nSPS) is 10.8. The van der Waals surface area contributed by atoms with Crippen molar-refractivity contribution in [3.05, 3.63) is 35.9 Å². The van der Waals surface area contributed by atoms with Gasteiger partial charge in [0.25, 0.3) is 0 Å². The molecule has 15 heavy (non-hydrogen) atoms.